The predicted octanol–water partition coefficient (Wildman–Crippen LogP) is -7.69. The molecule has 0 fully saturated rings. The van der Waals surface area contributed by atoms with Crippen LogP contribution in [-0.2, 0) is 22.3 Å². The Kier molecular flexibility index (Phi) is 30.1. The summed E-state index contributed by atoms with van der Waals surface area (Å²) in [5.74, 6) is 0.475. The second-order valence-electron chi connectivity index (χ2n) is 5.43. The van der Waals surface area contributed by atoms with E-state index in [0.717, 1.165) is 11.4 Å². The molecule has 0 unspecified atom stereocenters. The topological polar surface area (TPSA) is 405 Å². The van der Waals surface area contributed by atoms with Crippen LogP contribution in [-0.4, -0.2) is 24.9 Å². The number of hydrogen-bond donors (Lipinski definition) is 2. The van der Waals surface area contributed by atoms with Crippen molar-refractivity contribution in [2.75, 3.05) is 11.5 Å². The number of nitrogen functional groups attached to an aromatic ring is 2. The molecular formula is C19H23Cl2CoN10O9+. The summed E-state index contributed by atoms with van der Waals surface area (Å²) in [7, 11) is -9.89. The zero-order valence-electron chi connectivity index (χ0n) is 21.2. The number of rotatable bonds is 2. The Morgan fingerprint density at radius 1 is 0.610 bits per heavy atom. The van der Waals surface area contributed by atoms with Gasteiger partial charge in [-0.2, -0.15) is 30.7 Å². The zero-order valence-corrected chi connectivity index (χ0v) is 23.8. The summed E-state index contributed by atoms with van der Waals surface area (Å²) < 4.78 is 67.9. The molecule has 41 heavy (non-hydrogen) atoms. The van der Waals surface area contributed by atoms with Gasteiger partial charge >= 0.3 is 16.8 Å². The van der Waals surface area contributed by atoms with Crippen molar-refractivity contribution < 1.29 is 80.0 Å². The van der Waals surface area contributed by atoms with Gasteiger partial charge in [0, 0.05) is 27.0 Å². The molecule has 3 heterocycles. The van der Waals surface area contributed by atoms with Crippen LogP contribution in [0.2, 0.25) is 0 Å². The van der Waals surface area contributed by atoms with Gasteiger partial charge in [0.2, 0.25) is 11.9 Å². The van der Waals surface area contributed by atoms with E-state index < -0.39 is 20.5 Å². The SMILES string of the molecule is CC#N.CC#N.CC#N.Nc1nc(N)nc(-c2cccc(-c3ccccn3)n2)n1.[Co+2].[O-][Cl+3]([O-])([O-])[O-].[O-][Cl+3]([O-])([O-])[O-].[OH3+]. The molecule has 3 rings (SSSR count). The summed E-state index contributed by atoms with van der Waals surface area (Å²) in [6.07, 6.45) is 1.71. The molecule has 225 valence electrons. The van der Waals surface area contributed by atoms with E-state index in [1.807, 2.05) is 30.3 Å². The van der Waals surface area contributed by atoms with Crippen molar-refractivity contribution in [1.82, 2.24) is 24.9 Å². The predicted molar refractivity (Wildman–Crippen MR) is 114 cm³/mol. The molecule has 1 radical (unpaired) electrons. The molecule has 0 aliphatic carbocycles. The van der Waals surface area contributed by atoms with Crippen molar-refractivity contribution in [2.45, 2.75) is 20.8 Å². The number of nitriles is 3. The zero-order chi connectivity index (χ0) is 31.1. The van der Waals surface area contributed by atoms with Gasteiger partial charge in [-0.05, 0) is 24.3 Å². The molecule has 0 bridgehead atoms. The Morgan fingerprint density at radius 3 is 1.29 bits per heavy atom. The summed E-state index contributed by atoms with van der Waals surface area (Å²) >= 11 is 0. The molecule has 0 aromatic carbocycles. The van der Waals surface area contributed by atoms with Gasteiger partial charge < -0.3 is 16.9 Å². The smallest absolute Gasteiger partial charge is 0.457 e. The second kappa shape index (κ2) is 26.3. The molecule has 0 saturated carbocycles. The van der Waals surface area contributed by atoms with Crippen LogP contribution in [0.15, 0.2) is 42.6 Å². The van der Waals surface area contributed by atoms with Gasteiger partial charge in [-0.3, -0.25) is 4.98 Å². The number of aromatic nitrogens is 5. The van der Waals surface area contributed by atoms with Crippen LogP contribution in [0.4, 0.5) is 11.9 Å². The van der Waals surface area contributed by atoms with Crippen LogP contribution in [0.3, 0.4) is 0 Å². The van der Waals surface area contributed by atoms with Crippen molar-refractivity contribution in [2.24, 2.45) is 0 Å². The van der Waals surface area contributed by atoms with Gasteiger partial charge in [-0.1, -0.05) is 12.1 Å². The normalized spacial score (nSPS) is 8.59. The van der Waals surface area contributed by atoms with Gasteiger partial charge in [0.05, 0.1) is 29.6 Å². The van der Waals surface area contributed by atoms with E-state index in [0.29, 0.717) is 11.5 Å². The van der Waals surface area contributed by atoms with Crippen molar-refractivity contribution in [1.29, 1.82) is 15.8 Å². The van der Waals surface area contributed by atoms with E-state index in [1.165, 1.54) is 20.8 Å². The number of anilines is 2. The van der Waals surface area contributed by atoms with E-state index in [9.17, 15) is 0 Å². The summed E-state index contributed by atoms with van der Waals surface area (Å²) in [4.78, 5) is 20.5. The van der Waals surface area contributed by atoms with Gasteiger partial charge in [-0.25, -0.2) is 42.3 Å². The fourth-order valence-corrected chi connectivity index (χ4v) is 1.74. The third-order valence-corrected chi connectivity index (χ3v) is 2.58. The number of pyridine rings is 2. The maximum Gasteiger partial charge on any atom is 2.00 e. The number of nitrogens with two attached hydrogens (primary N) is 2. The number of hydrogen-bond acceptors (Lipinski definition) is 18. The molecule has 0 amide bonds. The van der Waals surface area contributed by atoms with Crippen LogP contribution in [0.1, 0.15) is 20.8 Å². The van der Waals surface area contributed by atoms with Crippen LogP contribution >= 0.6 is 0 Å². The van der Waals surface area contributed by atoms with E-state index in [-0.39, 0.29) is 34.2 Å². The summed E-state index contributed by atoms with van der Waals surface area (Å²) in [5, 5.41) is 22.0. The van der Waals surface area contributed by atoms with Crippen molar-refractivity contribution in [3.8, 4) is 41.1 Å². The van der Waals surface area contributed by atoms with Gasteiger partial charge in [0.25, 0.3) is 0 Å². The quantitative estimate of drug-likeness (QED) is 0.240. The van der Waals surface area contributed by atoms with Crippen LogP contribution in [0.5, 0.6) is 0 Å². The summed E-state index contributed by atoms with van der Waals surface area (Å²) in [5.41, 5.74) is 13.2. The molecular weight excluding hydrogens is 642 g/mol. The second-order valence-corrected chi connectivity index (χ2v) is 6.94. The Morgan fingerprint density at radius 2 is 0.951 bits per heavy atom. The van der Waals surface area contributed by atoms with E-state index >= 15 is 0 Å². The Hall–Kier alpha value is -3.89. The summed E-state index contributed by atoms with van der Waals surface area (Å²) in [6, 6.07) is 16.4. The molecule has 22 heteroatoms. The third-order valence-electron chi connectivity index (χ3n) is 2.58. The van der Waals surface area contributed by atoms with Crippen LogP contribution in [0.25, 0.3) is 22.9 Å². The fourth-order valence-electron chi connectivity index (χ4n) is 1.74. The minimum atomic E-state index is -4.94. The summed E-state index contributed by atoms with van der Waals surface area (Å²) in [6.45, 7) is 4.29. The van der Waals surface area contributed by atoms with Crippen LogP contribution in [0, 0.1) is 54.5 Å². The van der Waals surface area contributed by atoms with E-state index in [2.05, 4.69) is 24.9 Å². The molecule has 19 nitrogen and oxygen atoms in total. The van der Waals surface area contributed by atoms with E-state index in [4.69, 9.17) is 64.5 Å². The Balaban J connectivity index is -0.000000171. The van der Waals surface area contributed by atoms with Crippen molar-refractivity contribution in [3.05, 3.63) is 42.6 Å². The third kappa shape index (κ3) is 36.1. The largest absolute Gasteiger partial charge is 2.00 e. The molecule has 0 saturated heterocycles. The molecule has 0 atom stereocenters. The Labute approximate surface area is 248 Å². The molecule has 0 spiro atoms. The van der Waals surface area contributed by atoms with Gasteiger partial charge in [0.1, 0.15) is 5.69 Å². The molecule has 3 aromatic heterocycles. The van der Waals surface area contributed by atoms with Gasteiger partial charge in [-0.15, -0.1) is 20.5 Å². The molecule has 7 N–H and O–H groups in total. The van der Waals surface area contributed by atoms with Crippen molar-refractivity contribution in [3.63, 3.8) is 0 Å². The van der Waals surface area contributed by atoms with Crippen LogP contribution < -0.4 is 48.7 Å². The first-order chi connectivity index (χ1) is 18.0. The van der Waals surface area contributed by atoms with Gasteiger partial charge in [0.15, 0.2) is 5.82 Å². The minimum absolute atomic E-state index is 0. The first kappa shape index (κ1) is 46.9. The molecule has 3 aromatic rings. The average molecular weight is 665 g/mol. The molecule has 0 aliphatic heterocycles. The average Bonchev–Trinajstić information content (AvgIpc) is 2.79. The number of halogens is 2. The van der Waals surface area contributed by atoms with Crippen molar-refractivity contribution >= 4 is 11.9 Å². The maximum atomic E-state index is 8.49. The van der Waals surface area contributed by atoms with E-state index in [1.54, 1.807) is 30.5 Å². The Bertz CT molecular complexity index is 1140. The standard InChI is InChI=1S/C13H11N7.3C2H3N.2ClHO4.Co.H2O/c14-12-18-11(19-13(15)20-12)10-6-3-5-9(17-10)8-4-1-2-7-16-8;3*1-2-3;2*2-1(3,4)5;;/h1-7H,(H4,14,15,18,19,20);3*1H3;2*(H,2,3,4,5);;1H2/q;;;;;;+2;/p-1. The number of nitrogens with zero attached hydrogens (tertiary/aromatic N) is 8. The first-order valence-corrected chi connectivity index (χ1v) is 11.8. The fraction of sp³-hybridized carbons (Fsp3) is 0.158. The first-order valence-electron chi connectivity index (χ1n) is 9.29. The minimum Gasteiger partial charge on any atom is -0.457 e. The monoisotopic (exact) mass is 664 g/mol. The maximum absolute atomic E-state index is 8.49. The molecule has 0 aliphatic rings.